The highest BCUT2D eigenvalue weighted by Gasteiger charge is 2.25. The van der Waals surface area contributed by atoms with Crippen LogP contribution < -0.4 is 16.2 Å². The van der Waals surface area contributed by atoms with Crippen LogP contribution in [-0.4, -0.2) is 44.0 Å². The molecule has 2 aromatic carbocycles. The van der Waals surface area contributed by atoms with Crippen molar-refractivity contribution in [3.63, 3.8) is 0 Å². The minimum absolute atomic E-state index is 0.259. The van der Waals surface area contributed by atoms with E-state index in [1.54, 1.807) is 52.0 Å². The summed E-state index contributed by atoms with van der Waals surface area (Å²) in [5, 5.41) is 15.1. The van der Waals surface area contributed by atoms with Crippen LogP contribution in [0.3, 0.4) is 0 Å². The Morgan fingerprint density at radius 2 is 1.64 bits per heavy atom. The number of nitrogens with one attached hydrogen (secondary N) is 3. The van der Waals surface area contributed by atoms with Gasteiger partial charge < -0.3 is 5.32 Å². The van der Waals surface area contributed by atoms with Gasteiger partial charge in [-0.25, -0.2) is 0 Å². The lowest BCUT2D eigenvalue weighted by Crippen LogP contribution is -2.52. The summed E-state index contributed by atoms with van der Waals surface area (Å²) in [6.07, 6.45) is 0. The van der Waals surface area contributed by atoms with Gasteiger partial charge in [-0.3, -0.25) is 25.2 Å². The van der Waals surface area contributed by atoms with Crippen molar-refractivity contribution in [3.8, 4) is 11.4 Å². The molecule has 3 rings (SSSR count). The quantitative estimate of drug-likeness (QED) is 0.491. The summed E-state index contributed by atoms with van der Waals surface area (Å²) in [4.78, 5) is 37.9. The Labute approximate surface area is 191 Å². The molecule has 1 aromatic heterocycles. The molecule has 0 aliphatic rings. The second-order valence-electron chi connectivity index (χ2n) is 8.59. The van der Waals surface area contributed by atoms with Crippen LogP contribution in [0.15, 0.2) is 54.6 Å². The van der Waals surface area contributed by atoms with Crippen LogP contribution in [0.25, 0.3) is 11.4 Å². The fourth-order valence-electron chi connectivity index (χ4n) is 2.72. The van der Waals surface area contributed by atoms with Crippen molar-refractivity contribution in [1.82, 2.24) is 36.4 Å². The van der Waals surface area contributed by atoms with Crippen LogP contribution >= 0.6 is 0 Å². The summed E-state index contributed by atoms with van der Waals surface area (Å²) >= 11 is 0. The van der Waals surface area contributed by atoms with Crippen molar-refractivity contribution in [2.24, 2.45) is 5.41 Å². The minimum atomic E-state index is -0.796. The number of carbonyl (C=O) groups is 3. The van der Waals surface area contributed by atoms with Crippen LogP contribution in [0.4, 0.5) is 0 Å². The number of aromatic nitrogens is 4. The van der Waals surface area contributed by atoms with E-state index in [-0.39, 0.29) is 5.91 Å². The smallest absolute Gasteiger partial charge is 0.269 e. The van der Waals surface area contributed by atoms with Crippen molar-refractivity contribution in [2.75, 3.05) is 0 Å². The van der Waals surface area contributed by atoms with Crippen LogP contribution in [0.1, 0.15) is 43.6 Å². The molecule has 0 aliphatic heterocycles. The maximum absolute atomic E-state index is 12.3. The molecule has 0 aliphatic carbocycles. The molecule has 0 saturated heterocycles. The van der Waals surface area contributed by atoms with Crippen molar-refractivity contribution in [3.05, 3.63) is 65.7 Å². The monoisotopic (exact) mass is 449 g/mol. The van der Waals surface area contributed by atoms with Gasteiger partial charge in [-0.1, -0.05) is 63.2 Å². The molecule has 1 heterocycles. The van der Waals surface area contributed by atoms with E-state index in [4.69, 9.17) is 0 Å². The fourth-order valence-corrected chi connectivity index (χ4v) is 2.72. The predicted molar refractivity (Wildman–Crippen MR) is 121 cm³/mol. The number of amides is 3. The second-order valence-corrected chi connectivity index (χ2v) is 8.59. The van der Waals surface area contributed by atoms with Gasteiger partial charge in [0.1, 0.15) is 6.04 Å². The van der Waals surface area contributed by atoms with Crippen LogP contribution in [0.2, 0.25) is 0 Å². The third kappa shape index (κ3) is 6.45. The maximum atomic E-state index is 12.3. The Morgan fingerprint density at radius 1 is 0.970 bits per heavy atom. The Bertz CT molecular complexity index is 1120. The Kier molecular flexibility index (Phi) is 7.17. The van der Waals surface area contributed by atoms with E-state index in [0.29, 0.717) is 17.9 Å². The molecule has 172 valence electrons. The lowest BCUT2D eigenvalue weighted by atomic mass is 9.95. The number of benzene rings is 2. The molecule has 0 fully saturated rings. The van der Waals surface area contributed by atoms with E-state index >= 15 is 0 Å². The number of hydrogen-bond donors (Lipinski definition) is 3. The first-order valence-corrected chi connectivity index (χ1v) is 10.5. The Hall–Kier alpha value is -4.08. The Morgan fingerprint density at radius 3 is 2.27 bits per heavy atom. The normalized spacial score (nSPS) is 12.0. The molecule has 0 spiro atoms. The summed E-state index contributed by atoms with van der Waals surface area (Å²) in [6.45, 7) is 7.18. The summed E-state index contributed by atoms with van der Waals surface area (Å²) in [6, 6.07) is 15.6. The molecular formula is C23H27N7O3. The van der Waals surface area contributed by atoms with E-state index in [1.807, 2.05) is 30.3 Å². The number of hydrogen-bond acceptors (Lipinski definition) is 6. The summed E-state index contributed by atoms with van der Waals surface area (Å²) in [5.41, 5.74) is 6.18. The zero-order chi connectivity index (χ0) is 24.0. The van der Waals surface area contributed by atoms with Crippen LogP contribution in [-0.2, 0) is 16.1 Å². The van der Waals surface area contributed by atoms with Gasteiger partial charge >= 0.3 is 0 Å². The van der Waals surface area contributed by atoms with Gasteiger partial charge in [-0.15, -0.1) is 10.2 Å². The zero-order valence-electron chi connectivity index (χ0n) is 19.0. The van der Waals surface area contributed by atoms with Gasteiger partial charge in [-0.2, -0.15) is 4.80 Å². The molecular weight excluding hydrogens is 422 g/mol. The molecule has 33 heavy (non-hydrogen) atoms. The zero-order valence-corrected chi connectivity index (χ0v) is 19.0. The summed E-state index contributed by atoms with van der Waals surface area (Å²) in [5.74, 6) is -0.723. The first-order valence-electron chi connectivity index (χ1n) is 10.5. The van der Waals surface area contributed by atoms with E-state index in [9.17, 15) is 14.4 Å². The van der Waals surface area contributed by atoms with E-state index in [2.05, 4.69) is 31.6 Å². The van der Waals surface area contributed by atoms with Crippen molar-refractivity contribution < 1.29 is 14.4 Å². The molecule has 3 N–H and O–H groups in total. The second kappa shape index (κ2) is 10.0. The molecule has 0 radical (unpaired) electrons. The van der Waals surface area contributed by atoms with Gasteiger partial charge in [0.2, 0.25) is 11.7 Å². The molecule has 3 amide bonds. The predicted octanol–water partition coefficient (Wildman–Crippen LogP) is 1.70. The first-order chi connectivity index (χ1) is 15.6. The summed E-state index contributed by atoms with van der Waals surface area (Å²) in [7, 11) is 0. The van der Waals surface area contributed by atoms with Gasteiger partial charge in [0, 0.05) is 16.5 Å². The molecule has 0 unspecified atom stereocenters. The number of tetrazole rings is 1. The maximum Gasteiger partial charge on any atom is 0.269 e. The number of hydrazine groups is 1. The van der Waals surface area contributed by atoms with Gasteiger partial charge in [-0.05, 0) is 29.8 Å². The topological polar surface area (TPSA) is 131 Å². The first kappa shape index (κ1) is 23.6. The lowest BCUT2D eigenvalue weighted by Gasteiger charge is -2.21. The highest BCUT2D eigenvalue weighted by Crippen LogP contribution is 2.13. The molecule has 10 nitrogen and oxygen atoms in total. The Balaban J connectivity index is 1.51. The third-order valence-electron chi connectivity index (χ3n) is 4.75. The van der Waals surface area contributed by atoms with E-state index < -0.39 is 23.3 Å². The minimum Gasteiger partial charge on any atom is -0.344 e. The van der Waals surface area contributed by atoms with Crippen LogP contribution in [0.5, 0.6) is 0 Å². The lowest BCUT2D eigenvalue weighted by molar-refractivity contribution is -0.133. The summed E-state index contributed by atoms with van der Waals surface area (Å²) < 4.78 is 0. The van der Waals surface area contributed by atoms with Crippen molar-refractivity contribution in [1.29, 1.82) is 0 Å². The fraction of sp³-hybridized carbons (Fsp3) is 0.304. The highest BCUT2D eigenvalue weighted by molar-refractivity contribution is 5.96. The van der Waals surface area contributed by atoms with E-state index in [1.165, 1.54) is 4.80 Å². The van der Waals surface area contributed by atoms with Crippen molar-refractivity contribution >= 4 is 17.7 Å². The average molecular weight is 450 g/mol. The van der Waals surface area contributed by atoms with Crippen LogP contribution in [0, 0.1) is 5.41 Å². The number of carbonyl (C=O) groups excluding carboxylic acids is 3. The highest BCUT2D eigenvalue weighted by atomic mass is 16.2. The number of rotatable bonds is 6. The van der Waals surface area contributed by atoms with E-state index in [0.717, 1.165) is 11.1 Å². The van der Waals surface area contributed by atoms with Gasteiger partial charge in [0.25, 0.3) is 11.8 Å². The molecule has 3 aromatic rings. The van der Waals surface area contributed by atoms with Crippen molar-refractivity contribution in [2.45, 2.75) is 40.3 Å². The molecule has 1 atom stereocenters. The van der Waals surface area contributed by atoms with Gasteiger partial charge in [0.15, 0.2) is 0 Å². The third-order valence-corrected chi connectivity index (χ3v) is 4.75. The molecule has 10 heteroatoms. The SMILES string of the molecule is C[C@H](NC(=O)C(C)(C)C)C(=O)NNC(=O)c1ccc(Cn2nnc(-c3ccccc3)n2)cc1. The molecule has 0 saturated carbocycles. The standard InChI is InChI=1S/C23H27N7O3/c1-15(24-22(33)23(2,3)4)20(31)26-27-21(32)18-12-10-16(11-13-18)14-30-28-19(25-29-30)17-8-6-5-7-9-17/h5-13,15H,14H2,1-4H3,(H,24,33)(H,26,31)(H,27,32)/t15-/m0/s1. The van der Waals surface area contributed by atoms with Gasteiger partial charge in [0.05, 0.1) is 6.54 Å². The molecule has 0 bridgehead atoms. The average Bonchev–Trinajstić information content (AvgIpc) is 3.26. The number of nitrogens with zero attached hydrogens (tertiary/aromatic N) is 4. The largest absolute Gasteiger partial charge is 0.344 e.